The van der Waals surface area contributed by atoms with Crippen molar-refractivity contribution in [3.8, 4) is 5.75 Å². The molecule has 0 spiro atoms. The van der Waals surface area contributed by atoms with E-state index in [1.807, 2.05) is 56.3 Å². The third-order valence-corrected chi connectivity index (χ3v) is 6.46. The maximum atomic E-state index is 13.4. The van der Waals surface area contributed by atoms with Crippen LogP contribution in [0.2, 0.25) is 0 Å². The highest BCUT2D eigenvalue weighted by atomic mass is 32.2. The van der Waals surface area contributed by atoms with Gasteiger partial charge < -0.3 is 9.47 Å². The summed E-state index contributed by atoms with van der Waals surface area (Å²) in [5.74, 6) is 1.47. The van der Waals surface area contributed by atoms with Crippen LogP contribution in [0.5, 0.6) is 5.75 Å². The number of amidine groups is 1. The number of ether oxygens (including phenoxy) is 2. The van der Waals surface area contributed by atoms with Gasteiger partial charge in [0.15, 0.2) is 5.17 Å². The maximum Gasteiger partial charge on any atom is 0.283 e. The number of nitrogens with zero attached hydrogens (tertiary/aromatic N) is 2. The molecule has 4 rings (SSSR count). The Balaban J connectivity index is 1.63. The minimum Gasteiger partial charge on any atom is -0.497 e. The summed E-state index contributed by atoms with van der Waals surface area (Å²) in [5.41, 5.74) is 4.45. The van der Waals surface area contributed by atoms with E-state index in [9.17, 15) is 4.79 Å². The van der Waals surface area contributed by atoms with Crippen molar-refractivity contribution >= 4 is 34.6 Å². The molecule has 6 heteroatoms. The molecule has 162 valence electrons. The summed E-state index contributed by atoms with van der Waals surface area (Å²) in [6.45, 7) is 4.91. The van der Waals surface area contributed by atoms with Gasteiger partial charge in [-0.05, 0) is 80.1 Å². The van der Waals surface area contributed by atoms with Crippen LogP contribution in [0.3, 0.4) is 0 Å². The predicted octanol–water partition coefficient (Wildman–Crippen LogP) is 5.36. The van der Waals surface area contributed by atoms with Gasteiger partial charge in [-0.25, -0.2) is 4.99 Å². The number of rotatable bonds is 5. The molecule has 1 unspecified atom stereocenters. The summed E-state index contributed by atoms with van der Waals surface area (Å²) in [6, 6.07) is 13.8. The number of methoxy groups -OCH3 is 1. The van der Waals surface area contributed by atoms with Gasteiger partial charge in [-0.2, -0.15) is 0 Å². The largest absolute Gasteiger partial charge is 0.497 e. The first-order chi connectivity index (χ1) is 15.0. The SMILES string of the molecule is COc1ccc(/C=C2/N=C(SCC3CCCCO3)N(c3cc(C)cc(C)c3)C2=O)cc1. The van der Waals surface area contributed by atoms with E-state index >= 15 is 0 Å². The van der Waals surface area contributed by atoms with Crippen LogP contribution in [0.15, 0.2) is 53.2 Å². The molecule has 1 saturated heterocycles. The average Bonchev–Trinajstić information content (AvgIpc) is 3.08. The lowest BCUT2D eigenvalue weighted by Gasteiger charge is -2.24. The molecule has 0 radical (unpaired) electrons. The van der Waals surface area contributed by atoms with Crippen molar-refractivity contribution in [1.29, 1.82) is 0 Å². The van der Waals surface area contributed by atoms with E-state index < -0.39 is 0 Å². The molecule has 5 nitrogen and oxygen atoms in total. The molecule has 0 aliphatic carbocycles. The standard InChI is InChI=1S/C25H28N2O3S/c1-17-12-18(2)14-20(13-17)27-24(28)23(15-19-7-9-21(29-3)10-8-19)26-25(27)31-16-22-6-4-5-11-30-22/h7-10,12-15,22H,4-6,11,16H2,1-3H3/b23-15+. The van der Waals surface area contributed by atoms with Crippen molar-refractivity contribution in [2.24, 2.45) is 4.99 Å². The van der Waals surface area contributed by atoms with E-state index in [0.29, 0.717) is 10.9 Å². The zero-order valence-electron chi connectivity index (χ0n) is 18.3. The summed E-state index contributed by atoms with van der Waals surface area (Å²) in [5, 5.41) is 0.712. The number of benzene rings is 2. The first-order valence-corrected chi connectivity index (χ1v) is 11.6. The van der Waals surface area contributed by atoms with Crippen LogP contribution in [-0.4, -0.2) is 36.6 Å². The molecule has 0 saturated carbocycles. The van der Waals surface area contributed by atoms with Crippen molar-refractivity contribution in [2.45, 2.75) is 39.2 Å². The molecular formula is C25H28N2O3S. The van der Waals surface area contributed by atoms with E-state index in [2.05, 4.69) is 6.07 Å². The number of thioether (sulfide) groups is 1. The number of amides is 1. The van der Waals surface area contributed by atoms with Crippen molar-refractivity contribution < 1.29 is 14.3 Å². The summed E-state index contributed by atoms with van der Waals surface area (Å²) in [6.07, 6.45) is 5.44. The molecule has 2 aromatic carbocycles. The monoisotopic (exact) mass is 436 g/mol. The van der Waals surface area contributed by atoms with Gasteiger partial charge in [0, 0.05) is 12.4 Å². The number of carbonyl (C=O) groups excluding carboxylic acids is 1. The molecule has 1 atom stereocenters. The van der Waals surface area contributed by atoms with E-state index in [-0.39, 0.29) is 12.0 Å². The zero-order chi connectivity index (χ0) is 21.8. The molecule has 31 heavy (non-hydrogen) atoms. The quantitative estimate of drug-likeness (QED) is 0.592. The second-order valence-corrected chi connectivity index (χ2v) is 8.97. The molecular weight excluding hydrogens is 408 g/mol. The number of anilines is 1. The predicted molar refractivity (Wildman–Crippen MR) is 128 cm³/mol. The van der Waals surface area contributed by atoms with Crippen molar-refractivity contribution in [3.63, 3.8) is 0 Å². The summed E-state index contributed by atoms with van der Waals surface area (Å²) in [4.78, 5) is 19.9. The number of aryl methyl sites for hydroxylation is 2. The van der Waals surface area contributed by atoms with Crippen LogP contribution in [-0.2, 0) is 9.53 Å². The highest BCUT2D eigenvalue weighted by Gasteiger charge is 2.33. The first-order valence-electron chi connectivity index (χ1n) is 10.6. The van der Waals surface area contributed by atoms with E-state index in [4.69, 9.17) is 14.5 Å². The number of aliphatic imine (C=N–C) groups is 1. The third kappa shape index (κ3) is 5.20. The van der Waals surface area contributed by atoms with Crippen LogP contribution in [0.4, 0.5) is 5.69 Å². The maximum absolute atomic E-state index is 13.4. The van der Waals surface area contributed by atoms with E-state index in [1.54, 1.807) is 23.8 Å². The molecule has 0 N–H and O–H groups in total. The van der Waals surface area contributed by atoms with Gasteiger partial charge in [-0.15, -0.1) is 0 Å². The normalized spacial score (nSPS) is 20.3. The van der Waals surface area contributed by atoms with Gasteiger partial charge in [0.05, 0.1) is 18.9 Å². The molecule has 1 amide bonds. The van der Waals surface area contributed by atoms with Crippen LogP contribution in [0.1, 0.15) is 36.0 Å². The molecule has 0 bridgehead atoms. The van der Waals surface area contributed by atoms with Crippen LogP contribution in [0.25, 0.3) is 6.08 Å². The fraction of sp³-hybridized carbons (Fsp3) is 0.360. The van der Waals surface area contributed by atoms with E-state index in [1.165, 1.54) is 6.42 Å². The van der Waals surface area contributed by atoms with Crippen molar-refractivity contribution in [1.82, 2.24) is 0 Å². The lowest BCUT2D eigenvalue weighted by atomic mass is 10.1. The summed E-state index contributed by atoms with van der Waals surface area (Å²) in [7, 11) is 1.64. The lowest BCUT2D eigenvalue weighted by molar-refractivity contribution is -0.113. The van der Waals surface area contributed by atoms with Gasteiger partial charge in [0.25, 0.3) is 5.91 Å². The first kappa shape index (κ1) is 21.7. The van der Waals surface area contributed by atoms with Crippen LogP contribution >= 0.6 is 11.8 Å². The Labute approximate surface area is 188 Å². The Bertz CT molecular complexity index is 988. The Morgan fingerprint density at radius 1 is 1.16 bits per heavy atom. The van der Waals surface area contributed by atoms with Crippen LogP contribution < -0.4 is 9.64 Å². The minimum atomic E-state index is -0.104. The molecule has 2 heterocycles. The van der Waals surface area contributed by atoms with Gasteiger partial charge >= 0.3 is 0 Å². The highest BCUT2D eigenvalue weighted by Crippen LogP contribution is 2.32. The second kappa shape index (κ2) is 9.71. The fourth-order valence-electron chi connectivity index (χ4n) is 3.86. The second-order valence-electron chi connectivity index (χ2n) is 7.98. The Morgan fingerprint density at radius 2 is 1.90 bits per heavy atom. The van der Waals surface area contributed by atoms with Gasteiger partial charge in [-0.1, -0.05) is 30.0 Å². The highest BCUT2D eigenvalue weighted by molar-refractivity contribution is 8.14. The molecule has 2 aromatic rings. The van der Waals surface area contributed by atoms with Gasteiger partial charge in [0.2, 0.25) is 0 Å². The third-order valence-electron chi connectivity index (χ3n) is 5.39. The summed E-state index contributed by atoms with van der Waals surface area (Å²) < 4.78 is 11.1. The summed E-state index contributed by atoms with van der Waals surface area (Å²) >= 11 is 1.60. The Morgan fingerprint density at radius 3 is 2.55 bits per heavy atom. The van der Waals surface area contributed by atoms with Crippen LogP contribution in [0, 0.1) is 13.8 Å². The fourth-order valence-corrected chi connectivity index (χ4v) is 4.94. The number of hydrogen-bond donors (Lipinski definition) is 0. The Kier molecular flexibility index (Phi) is 6.78. The Hall–Kier alpha value is -2.57. The lowest BCUT2D eigenvalue weighted by Crippen LogP contribution is -2.32. The van der Waals surface area contributed by atoms with Gasteiger partial charge in [0.1, 0.15) is 11.4 Å². The van der Waals surface area contributed by atoms with Crippen molar-refractivity contribution in [2.75, 3.05) is 24.4 Å². The number of carbonyl (C=O) groups is 1. The molecule has 1 fully saturated rings. The number of hydrogen-bond acceptors (Lipinski definition) is 5. The van der Waals surface area contributed by atoms with Gasteiger partial charge in [-0.3, -0.25) is 9.69 Å². The molecule has 2 aliphatic rings. The zero-order valence-corrected chi connectivity index (χ0v) is 19.1. The molecule has 0 aromatic heterocycles. The molecule has 2 aliphatic heterocycles. The topological polar surface area (TPSA) is 51.1 Å². The van der Waals surface area contributed by atoms with E-state index in [0.717, 1.165) is 53.3 Å². The average molecular weight is 437 g/mol. The minimum absolute atomic E-state index is 0.104. The van der Waals surface area contributed by atoms with Crippen molar-refractivity contribution in [3.05, 3.63) is 64.9 Å². The smallest absolute Gasteiger partial charge is 0.283 e.